The van der Waals surface area contributed by atoms with Crippen molar-refractivity contribution < 1.29 is 32.2 Å². The highest BCUT2D eigenvalue weighted by atomic mass is 35.5. The van der Waals surface area contributed by atoms with E-state index in [1.165, 1.54) is 17.4 Å². The molecular weight excluding hydrogens is 375 g/mol. The molecule has 0 saturated carbocycles. The molecule has 24 heavy (non-hydrogen) atoms. The SMILES string of the molecule is O=C1CS/C(=N\C(=O)NC2(C(F)(F)F)Oc3ccc(Cl)cc3O2)N1. The molecule has 2 heterocycles. The van der Waals surface area contributed by atoms with Gasteiger partial charge in [0.05, 0.1) is 5.75 Å². The average molecular weight is 382 g/mol. The Morgan fingerprint density at radius 1 is 1.38 bits per heavy atom. The summed E-state index contributed by atoms with van der Waals surface area (Å²) < 4.78 is 49.7. The lowest BCUT2D eigenvalue weighted by atomic mass is 10.3. The number of nitrogens with zero attached hydrogens (tertiary/aromatic N) is 1. The summed E-state index contributed by atoms with van der Waals surface area (Å²) in [5, 5.41) is 3.77. The van der Waals surface area contributed by atoms with Crippen molar-refractivity contribution in [3.63, 3.8) is 0 Å². The molecule has 2 aliphatic heterocycles. The van der Waals surface area contributed by atoms with Crippen molar-refractivity contribution >= 4 is 40.5 Å². The maximum atomic E-state index is 13.4. The summed E-state index contributed by atoms with van der Waals surface area (Å²) >= 11 is 6.58. The van der Waals surface area contributed by atoms with E-state index in [1.54, 1.807) is 0 Å². The van der Waals surface area contributed by atoms with Crippen LogP contribution in [-0.4, -0.2) is 34.9 Å². The number of rotatable bonds is 1. The van der Waals surface area contributed by atoms with E-state index in [2.05, 4.69) is 10.3 Å². The van der Waals surface area contributed by atoms with E-state index in [0.717, 1.165) is 17.8 Å². The van der Waals surface area contributed by atoms with Gasteiger partial charge in [-0.3, -0.25) is 10.1 Å². The van der Waals surface area contributed by atoms with Gasteiger partial charge in [-0.2, -0.15) is 18.2 Å². The van der Waals surface area contributed by atoms with Crippen molar-refractivity contribution in [1.82, 2.24) is 10.6 Å². The number of ether oxygens (including phenoxy) is 2. The lowest BCUT2D eigenvalue weighted by Crippen LogP contribution is -2.64. The van der Waals surface area contributed by atoms with Gasteiger partial charge < -0.3 is 14.8 Å². The topological polar surface area (TPSA) is 89.0 Å². The van der Waals surface area contributed by atoms with Crippen molar-refractivity contribution in [2.75, 3.05) is 5.75 Å². The Labute approximate surface area is 141 Å². The third kappa shape index (κ3) is 3.08. The average Bonchev–Trinajstić information content (AvgIpc) is 3.01. The standard InChI is InChI=1S/C12H7ClF3N3O4S/c13-5-1-2-6-7(3-5)23-12(22-6,11(14,15)16)19-9(21)18-10-17-8(20)4-24-10/h1-3H,4H2,(H2,17,18,19,20,21). The largest absolute Gasteiger partial charge is 0.492 e. The molecule has 1 saturated heterocycles. The zero-order valence-electron chi connectivity index (χ0n) is 11.4. The quantitative estimate of drug-likeness (QED) is 0.779. The van der Waals surface area contributed by atoms with Crippen LogP contribution in [0.3, 0.4) is 0 Å². The highest BCUT2D eigenvalue weighted by molar-refractivity contribution is 8.15. The monoisotopic (exact) mass is 381 g/mol. The highest BCUT2D eigenvalue weighted by Crippen LogP contribution is 2.46. The van der Waals surface area contributed by atoms with Crippen LogP contribution in [0.15, 0.2) is 23.2 Å². The van der Waals surface area contributed by atoms with E-state index in [9.17, 15) is 22.8 Å². The summed E-state index contributed by atoms with van der Waals surface area (Å²) in [4.78, 5) is 26.1. The Hall–Kier alpha value is -2.14. The molecule has 0 aliphatic carbocycles. The number of alkyl halides is 3. The van der Waals surface area contributed by atoms with E-state index in [1.807, 2.05) is 0 Å². The molecule has 12 heteroatoms. The summed E-state index contributed by atoms with van der Waals surface area (Å²) in [6.07, 6.45) is -5.11. The van der Waals surface area contributed by atoms with Crippen LogP contribution in [0.4, 0.5) is 18.0 Å². The van der Waals surface area contributed by atoms with Crippen LogP contribution in [-0.2, 0) is 4.79 Å². The Bertz CT molecular complexity index is 758. The molecule has 2 N–H and O–H groups in total. The lowest BCUT2D eigenvalue weighted by Gasteiger charge is -2.28. The number of halogens is 4. The van der Waals surface area contributed by atoms with Gasteiger partial charge in [-0.05, 0) is 12.1 Å². The van der Waals surface area contributed by atoms with E-state index in [-0.39, 0.29) is 27.4 Å². The predicted molar refractivity (Wildman–Crippen MR) is 78.1 cm³/mol. The Balaban J connectivity index is 1.84. The molecule has 1 aromatic rings. The van der Waals surface area contributed by atoms with E-state index >= 15 is 0 Å². The fourth-order valence-electron chi connectivity index (χ4n) is 1.86. The number of fused-ring (bicyclic) bond motifs is 1. The predicted octanol–water partition coefficient (Wildman–Crippen LogP) is 2.26. The van der Waals surface area contributed by atoms with Gasteiger partial charge >= 0.3 is 18.1 Å². The summed E-state index contributed by atoms with van der Waals surface area (Å²) in [6.45, 7) is 0. The van der Waals surface area contributed by atoms with Crippen LogP contribution in [0.5, 0.6) is 11.5 Å². The minimum atomic E-state index is -5.11. The number of hydrogen-bond acceptors (Lipinski definition) is 5. The van der Waals surface area contributed by atoms with Crippen molar-refractivity contribution in [2.24, 2.45) is 4.99 Å². The van der Waals surface area contributed by atoms with Gasteiger partial charge in [0, 0.05) is 11.1 Å². The van der Waals surface area contributed by atoms with Crippen molar-refractivity contribution in [3.05, 3.63) is 23.2 Å². The molecule has 3 amide bonds. The van der Waals surface area contributed by atoms with Gasteiger partial charge in [-0.1, -0.05) is 23.4 Å². The zero-order valence-corrected chi connectivity index (χ0v) is 13.0. The summed E-state index contributed by atoms with van der Waals surface area (Å²) in [5.74, 6) is -4.35. The highest BCUT2D eigenvalue weighted by Gasteiger charge is 2.65. The van der Waals surface area contributed by atoms with Crippen LogP contribution >= 0.6 is 23.4 Å². The molecular formula is C12H7ClF3N3O4S. The number of urea groups is 1. The van der Waals surface area contributed by atoms with Crippen LogP contribution in [0.2, 0.25) is 5.02 Å². The first-order valence-corrected chi connectivity index (χ1v) is 7.63. The molecule has 1 fully saturated rings. The Kier molecular flexibility index (Phi) is 4.00. The molecule has 1 unspecified atom stereocenters. The van der Waals surface area contributed by atoms with Gasteiger partial charge in [0.1, 0.15) is 0 Å². The molecule has 2 aliphatic rings. The number of amides is 3. The van der Waals surface area contributed by atoms with Crippen molar-refractivity contribution in [1.29, 1.82) is 0 Å². The molecule has 7 nitrogen and oxygen atoms in total. The number of benzene rings is 1. The minimum Gasteiger partial charge on any atom is -0.424 e. The third-order valence-corrected chi connectivity index (χ3v) is 3.96. The maximum Gasteiger partial charge on any atom is 0.492 e. The van der Waals surface area contributed by atoms with Crippen molar-refractivity contribution in [2.45, 2.75) is 12.1 Å². The van der Waals surface area contributed by atoms with Crippen LogP contribution in [0.1, 0.15) is 0 Å². The second-order valence-electron chi connectivity index (χ2n) is 4.59. The van der Waals surface area contributed by atoms with Gasteiger partial charge in [-0.25, -0.2) is 4.79 Å². The van der Waals surface area contributed by atoms with Crippen LogP contribution < -0.4 is 20.1 Å². The second-order valence-corrected chi connectivity index (χ2v) is 5.99. The van der Waals surface area contributed by atoms with Gasteiger partial charge in [0.2, 0.25) is 5.91 Å². The number of aliphatic imine (C=N–C) groups is 1. The molecule has 128 valence electrons. The van der Waals surface area contributed by atoms with Gasteiger partial charge in [0.15, 0.2) is 16.7 Å². The first-order valence-electron chi connectivity index (χ1n) is 6.26. The second kappa shape index (κ2) is 5.74. The number of amidine groups is 1. The Morgan fingerprint density at radius 2 is 2.08 bits per heavy atom. The fraction of sp³-hybridized carbons (Fsp3) is 0.250. The number of thioether (sulfide) groups is 1. The normalized spacial score (nSPS) is 24.2. The van der Waals surface area contributed by atoms with Gasteiger partial charge in [-0.15, -0.1) is 0 Å². The summed E-state index contributed by atoms with van der Waals surface area (Å²) in [5.41, 5.74) is 0. The molecule has 0 spiro atoms. The van der Waals surface area contributed by atoms with Crippen LogP contribution in [0, 0.1) is 0 Å². The molecule has 0 bridgehead atoms. The number of carbonyl (C=O) groups is 2. The van der Waals surface area contributed by atoms with E-state index in [4.69, 9.17) is 21.1 Å². The first kappa shape index (κ1) is 16.7. The molecule has 1 aromatic carbocycles. The van der Waals surface area contributed by atoms with Gasteiger partial charge in [0.25, 0.3) is 0 Å². The minimum absolute atomic E-state index is 0.0213. The van der Waals surface area contributed by atoms with E-state index < -0.39 is 24.0 Å². The summed E-state index contributed by atoms with van der Waals surface area (Å²) in [6, 6.07) is 2.21. The maximum absolute atomic E-state index is 13.4. The summed E-state index contributed by atoms with van der Waals surface area (Å²) in [7, 11) is 0. The van der Waals surface area contributed by atoms with E-state index in [0.29, 0.717) is 0 Å². The Morgan fingerprint density at radius 3 is 2.71 bits per heavy atom. The zero-order chi connectivity index (χ0) is 17.5. The number of nitrogens with one attached hydrogen (secondary N) is 2. The molecule has 0 radical (unpaired) electrons. The molecule has 0 aromatic heterocycles. The number of carbonyl (C=O) groups excluding carboxylic acids is 2. The van der Waals surface area contributed by atoms with Crippen LogP contribution in [0.25, 0.3) is 0 Å². The third-order valence-electron chi connectivity index (χ3n) is 2.85. The first-order chi connectivity index (χ1) is 11.2. The molecule has 1 atom stereocenters. The lowest BCUT2D eigenvalue weighted by molar-refractivity contribution is -0.317. The fourth-order valence-corrected chi connectivity index (χ4v) is 2.70. The van der Waals surface area contributed by atoms with Crippen molar-refractivity contribution in [3.8, 4) is 11.5 Å². The molecule has 3 rings (SSSR count). The number of hydrogen-bond donors (Lipinski definition) is 2. The smallest absolute Gasteiger partial charge is 0.424 e.